The van der Waals surface area contributed by atoms with Crippen molar-refractivity contribution in [2.45, 2.75) is 44.7 Å². The molecule has 0 unspecified atom stereocenters. The maximum atomic E-state index is 13.0. The number of nitrogens with one attached hydrogen (secondary N) is 1. The number of hydrogen-bond acceptors (Lipinski definition) is 6. The van der Waals surface area contributed by atoms with Gasteiger partial charge in [-0.05, 0) is 43.0 Å². The fraction of sp³-hybridized carbons (Fsp3) is 0.474. The molecule has 1 aliphatic carbocycles. The van der Waals surface area contributed by atoms with Gasteiger partial charge in [0.15, 0.2) is 5.82 Å². The van der Waals surface area contributed by atoms with Gasteiger partial charge in [0, 0.05) is 5.56 Å². The van der Waals surface area contributed by atoms with Crippen molar-refractivity contribution in [2.24, 2.45) is 5.92 Å². The first-order valence-corrected chi connectivity index (χ1v) is 9.14. The summed E-state index contributed by atoms with van der Waals surface area (Å²) in [6.45, 7) is 2.02. The maximum absolute atomic E-state index is 13.0. The molecule has 2 aromatic rings. The fourth-order valence-electron chi connectivity index (χ4n) is 3.95. The normalized spacial score (nSPS) is 25.1. The molecule has 1 spiro atoms. The van der Waals surface area contributed by atoms with Crippen LogP contribution in [-0.2, 0) is 11.3 Å². The molecule has 1 aromatic carbocycles. The Balaban J connectivity index is 1.52. The Labute approximate surface area is 156 Å². The highest BCUT2D eigenvalue weighted by Crippen LogP contribution is 2.38. The summed E-state index contributed by atoms with van der Waals surface area (Å²) >= 11 is 0. The van der Waals surface area contributed by atoms with E-state index in [1.54, 1.807) is 19.2 Å². The van der Waals surface area contributed by atoms with Crippen LogP contribution in [0.1, 0.15) is 38.4 Å². The Kier molecular flexibility index (Phi) is 4.33. The summed E-state index contributed by atoms with van der Waals surface area (Å²) in [5, 5.41) is 6.86. The number of carbonyl (C=O) groups is 2. The van der Waals surface area contributed by atoms with Crippen molar-refractivity contribution < 1.29 is 18.8 Å². The van der Waals surface area contributed by atoms with Gasteiger partial charge in [0.05, 0.1) is 13.7 Å². The lowest BCUT2D eigenvalue weighted by atomic mass is 9.73. The average Bonchev–Trinajstić information content (AvgIpc) is 3.24. The van der Waals surface area contributed by atoms with Crippen molar-refractivity contribution in [2.75, 3.05) is 7.11 Å². The molecule has 27 heavy (non-hydrogen) atoms. The van der Waals surface area contributed by atoms with Crippen LogP contribution in [0.2, 0.25) is 0 Å². The molecule has 2 heterocycles. The lowest BCUT2D eigenvalue weighted by Gasteiger charge is -2.36. The van der Waals surface area contributed by atoms with Gasteiger partial charge in [-0.15, -0.1) is 0 Å². The molecule has 0 bridgehead atoms. The zero-order valence-electron chi connectivity index (χ0n) is 15.4. The predicted molar refractivity (Wildman–Crippen MR) is 95.7 cm³/mol. The summed E-state index contributed by atoms with van der Waals surface area (Å²) in [5.74, 6) is 1.29. The first-order valence-electron chi connectivity index (χ1n) is 9.14. The Bertz CT molecular complexity index is 863. The summed E-state index contributed by atoms with van der Waals surface area (Å²) < 4.78 is 10.4. The Hall–Kier alpha value is -2.90. The lowest BCUT2D eigenvalue weighted by Crippen LogP contribution is -2.53. The molecular weight excluding hydrogens is 348 g/mol. The van der Waals surface area contributed by atoms with Gasteiger partial charge < -0.3 is 14.6 Å². The third-order valence-electron chi connectivity index (χ3n) is 5.61. The number of nitrogens with zero attached hydrogens (tertiary/aromatic N) is 3. The lowest BCUT2D eigenvalue weighted by molar-refractivity contribution is -0.134. The van der Waals surface area contributed by atoms with E-state index in [2.05, 4.69) is 15.5 Å². The van der Waals surface area contributed by atoms with Gasteiger partial charge in [-0.25, -0.2) is 4.79 Å². The number of methoxy groups -OCH3 is 1. The maximum Gasteiger partial charge on any atom is 0.325 e. The van der Waals surface area contributed by atoms with Crippen molar-refractivity contribution in [3.8, 4) is 17.2 Å². The van der Waals surface area contributed by atoms with Crippen LogP contribution in [0, 0.1) is 5.92 Å². The number of imide groups is 1. The van der Waals surface area contributed by atoms with Gasteiger partial charge in [0.1, 0.15) is 11.3 Å². The van der Waals surface area contributed by atoms with Crippen LogP contribution in [-0.4, -0.2) is 39.6 Å². The molecule has 4 rings (SSSR count). The number of urea groups is 1. The standard InChI is InChI=1S/C19H22N4O4/c1-12-5-3-4-10-19(12)17(24)23(18(25)21-19)11-15-20-16(27-22-15)13-6-8-14(26-2)9-7-13/h6-9,12H,3-5,10-11H2,1-2H3,(H,21,25)/t12-,19-/m0/s1. The highest BCUT2D eigenvalue weighted by molar-refractivity contribution is 6.07. The van der Waals surface area contributed by atoms with Gasteiger partial charge in [-0.1, -0.05) is 24.9 Å². The second kappa shape index (κ2) is 6.68. The van der Waals surface area contributed by atoms with Crippen molar-refractivity contribution >= 4 is 11.9 Å². The summed E-state index contributed by atoms with van der Waals surface area (Å²) in [7, 11) is 1.60. The molecule has 1 N–H and O–H groups in total. The zero-order chi connectivity index (χ0) is 19.0. The number of ether oxygens (including phenoxy) is 1. The van der Waals surface area contributed by atoms with Crippen LogP contribution in [0.25, 0.3) is 11.5 Å². The number of rotatable bonds is 4. The van der Waals surface area contributed by atoms with Crippen LogP contribution in [0.5, 0.6) is 5.75 Å². The molecule has 142 valence electrons. The van der Waals surface area contributed by atoms with E-state index in [0.717, 1.165) is 30.6 Å². The summed E-state index contributed by atoms with van der Waals surface area (Å²) in [6, 6.07) is 6.82. The number of aromatic nitrogens is 2. The predicted octanol–water partition coefficient (Wildman–Crippen LogP) is 2.75. The monoisotopic (exact) mass is 370 g/mol. The van der Waals surface area contributed by atoms with E-state index in [0.29, 0.717) is 18.1 Å². The minimum atomic E-state index is -0.780. The molecule has 8 heteroatoms. The van der Waals surface area contributed by atoms with E-state index in [1.807, 2.05) is 19.1 Å². The second-order valence-electron chi connectivity index (χ2n) is 7.18. The largest absolute Gasteiger partial charge is 0.497 e. The molecule has 0 radical (unpaired) electrons. The van der Waals surface area contributed by atoms with Gasteiger partial charge in [-0.3, -0.25) is 9.69 Å². The zero-order valence-corrected chi connectivity index (χ0v) is 15.4. The van der Waals surface area contributed by atoms with E-state index in [9.17, 15) is 9.59 Å². The first kappa shape index (κ1) is 17.5. The fourth-order valence-corrected chi connectivity index (χ4v) is 3.95. The third-order valence-corrected chi connectivity index (χ3v) is 5.61. The molecule has 2 fully saturated rings. The number of amides is 3. The summed E-state index contributed by atoms with van der Waals surface area (Å²) in [6.07, 6.45) is 3.64. The highest BCUT2D eigenvalue weighted by atomic mass is 16.5. The summed E-state index contributed by atoms with van der Waals surface area (Å²) in [5.41, 5.74) is -0.0399. The van der Waals surface area contributed by atoms with Gasteiger partial charge in [0.2, 0.25) is 0 Å². The topological polar surface area (TPSA) is 97.6 Å². The Morgan fingerprint density at radius 3 is 2.78 bits per heavy atom. The molecule has 1 aromatic heterocycles. The van der Waals surface area contributed by atoms with E-state index in [-0.39, 0.29) is 24.4 Å². The number of hydrogen-bond donors (Lipinski definition) is 1. The van der Waals surface area contributed by atoms with Gasteiger partial charge >= 0.3 is 6.03 Å². The van der Waals surface area contributed by atoms with Crippen molar-refractivity contribution in [1.82, 2.24) is 20.4 Å². The number of carbonyl (C=O) groups excluding carboxylic acids is 2. The Morgan fingerprint density at radius 2 is 2.07 bits per heavy atom. The first-order chi connectivity index (χ1) is 13.0. The van der Waals surface area contributed by atoms with Crippen LogP contribution < -0.4 is 10.1 Å². The van der Waals surface area contributed by atoms with Crippen LogP contribution in [0.15, 0.2) is 28.8 Å². The highest BCUT2D eigenvalue weighted by Gasteiger charge is 2.55. The second-order valence-corrected chi connectivity index (χ2v) is 7.18. The van der Waals surface area contributed by atoms with E-state index < -0.39 is 5.54 Å². The average molecular weight is 370 g/mol. The molecule has 2 aliphatic rings. The minimum Gasteiger partial charge on any atom is -0.497 e. The van der Waals surface area contributed by atoms with E-state index in [1.165, 1.54) is 4.90 Å². The molecule has 1 aliphatic heterocycles. The Morgan fingerprint density at radius 1 is 1.30 bits per heavy atom. The van der Waals surface area contributed by atoms with Crippen molar-refractivity contribution in [3.05, 3.63) is 30.1 Å². The number of benzene rings is 1. The van der Waals surface area contributed by atoms with Crippen LogP contribution in [0.3, 0.4) is 0 Å². The van der Waals surface area contributed by atoms with E-state index >= 15 is 0 Å². The SMILES string of the molecule is COc1ccc(-c2nc(CN3C(=O)N[C@]4(CCCC[C@@H]4C)C3=O)no2)cc1. The van der Waals surface area contributed by atoms with E-state index in [4.69, 9.17) is 9.26 Å². The smallest absolute Gasteiger partial charge is 0.325 e. The third kappa shape index (κ3) is 2.94. The van der Waals surface area contributed by atoms with Gasteiger partial charge in [-0.2, -0.15) is 4.98 Å². The molecule has 2 atom stereocenters. The van der Waals surface area contributed by atoms with Crippen molar-refractivity contribution in [3.63, 3.8) is 0 Å². The van der Waals surface area contributed by atoms with Crippen LogP contribution in [0.4, 0.5) is 4.79 Å². The molecular formula is C19H22N4O4. The van der Waals surface area contributed by atoms with Crippen LogP contribution >= 0.6 is 0 Å². The minimum absolute atomic E-state index is 0.00120. The molecule has 3 amide bonds. The quantitative estimate of drug-likeness (QED) is 0.831. The molecule has 1 saturated carbocycles. The molecule has 1 saturated heterocycles. The summed E-state index contributed by atoms with van der Waals surface area (Å²) in [4.78, 5) is 31.0. The molecule has 8 nitrogen and oxygen atoms in total. The van der Waals surface area contributed by atoms with Crippen molar-refractivity contribution in [1.29, 1.82) is 0 Å². The van der Waals surface area contributed by atoms with Gasteiger partial charge in [0.25, 0.3) is 11.8 Å².